The highest BCUT2D eigenvalue weighted by Gasteiger charge is 2.14. The molecule has 0 saturated heterocycles. The van der Waals surface area contributed by atoms with E-state index < -0.39 is 0 Å². The number of nitrogens with zero attached hydrogens (tertiary/aromatic N) is 3. The van der Waals surface area contributed by atoms with Gasteiger partial charge in [0.15, 0.2) is 11.4 Å². The van der Waals surface area contributed by atoms with Crippen LogP contribution in [0.1, 0.15) is 17.3 Å². The van der Waals surface area contributed by atoms with E-state index in [1.807, 2.05) is 91.0 Å². The Labute approximate surface area is 180 Å². The van der Waals surface area contributed by atoms with Gasteiger partial charge in [0, 0.05) is 28.5 Å². The molecule has 0 spiro atoms. The van der Waals surface area contributed by atoms with Gasteiger partial charge in [-0.05, 0) is 18.6 Å². The lowest BCUT2D eigenvalue weighted by Crippen LogP contribution is -1.97. The van der Waals surface area contributed by atoms with Crippen LogP contribution in [0.15, 0.2) is 97.2 Å². The standard InChI is InChI=1S/C27H19N3O/c1-18(31)19-12-14-20(15-13-19)23-16-24-27(28-17-23)30-26(22-10-6-3-7-11-22)25(29-24)21-8-4-2-5-9-21/h2-17H,1H3. The van der Waals surface area contributed by atoms with Crippen molar-refractivity contribution in [2.24, 2.45) is 0 Å². The summed E-state index contributed by atoms with van der Waals surface area (Å²) in [5.74, 6) is 0.0509. The molecule has 31 heavy (non-hydrogen) atoms. The molecule has 0 aliphatic heterocycles. The molecule has 0 fully saturated rings. The molecule has 2 aromatic heterocycles. The molecule has 0 N–H and O–H groups in total. The highest BCUT2D eigenvalue weighted by molar-refractivity contribution is 5.94. The van der Waals surface area contributed by atoms with Crippen LogP contribution in [0.2, 0.25) is 0 Å². The van der Waals surface area contributed by atoms with Crippen LogP contribution in [0.3, 0.4) is 0 Å². The number of carbonyl (C=O) groups excluding carboxylic acids is 1. The summed E-state index contributed by atoms with van der Waals surface area (Å²) >= 11 is 0. The average molecular weight is 401 g/mol. The van der Waals surface area contributed by atoms with Crippen molar-refractivity contribution in [2.45, 2.75) is 6.92 Å². The molecule has 0 atom stereocenters. The number of benzene rings is 3. The third-order valence-electron chi connectivity index (χ3n) is 5.24. The molecule has 0 amide bonds. The second-order valence-corrected chi connectivity index (χ2v) is 7.35. The van der Waals surface area contributed by atoms with Crippen LogP contribution in [0.4, 0.5) is 0 Å². The van der Waals surface area contributed by atoms with Gasteiger partial charge in [0.1, 0.15) is 5.52 Å². The van der Waals surface area contributed by atoms with Crippen molar-refractivity contribution in [3.63, 3.8) is 0 Å². The summed E-state index contributed by atoms with van der Waals surface area (Å²) in [6.45, 7) is 1.57. The molecule has 0 aliphatic carbocycles. The summed E-state index contributed by atoms with van der Waals surface area (Å²) < 4.78 is 0. The molecular formula is C27H19N3O. The van der Waals surface area contributed by atoms with E-state index in [1.54, 1.807) is 13.1 Å². The van der Waals surface area contributed by atoms with Gasteiger partial charge in [0.2, 0.25) is 0 Å². The summed E-state index contributed by atoms with van der Waals surface area (Å²) in [4.78, 5) is 26.0. The molecule has 0 bridgehead atoms. The summed E-state index contributed by atoms with van der Waals surface area (Å²) in [5.41, 5.74) is 7.58. The van der Waals surface area contributed by atoms with Gasteiger partial charge >= 0.3 is 0 Å². The number of fused-ring (bicyclic) bond motifs is 1. The Morgan fingerprint density at radius 2 is 1.23 bits per heavy atom. The van der Waals surface area contributed by atoms with Crippen molar-refractivity contribution in [3.05, 3.63) is 103 Å². The number of Topliss-reactive ketones (excluding diaryl/α,β-unsaturated/α-hetero) is 1. The first kappa shape index (κ1) is 18.8. The minimum Gasteiger partial charge on any atom is -0.295 e. The van der Waals surface area contributed by atoms with Crippen LogP contribution < -0.4 is 0 Å². The molecular weight excluding hydrogens is 382 g/mol. The Hall–Kier alpha value is -4.18. The SMILES string of the molecule is CC(=O)c1ccc(-c2cnc3nc(-c4ccccc4)c(-c4ccccc4)nc3c2)cc1. The van der Waals surface area contributed by atoms with E-state index in [0.29, 0.717) is 11.2 Å². The first-order chi connectivity index (χ1) is 15.2. The van der Waals surface area contributed by atoms with Crippen molar-refractivity contribution < 1.29 is 4.79 Å². The zero-order valence-electron chi connectivity index (χ0n) is 17.0. The lowest BCUT2D eigenvalue weighted by atomic mass is 10.0. The van der Waals surface area contributed by atoms with Gasteiger partial charge in [0.25, 0.3) is 0 Å². The molecule has 4 heteroatoms. The zero-order chi connectivity index (χ0) is 21.2. The van der Waals surface area contributed by atoms with Gasteiger partial charge in [-0.1, -0.05) is 84.9 Å². The number of ketones is 1. The van der Waals surface area contributed by atoms with E-state index in [4.69, 9.17) is 9.97 Å². The number of hydrogen-bond donors (Lipinski definition) is 0. The van der Waals surface area contributed by atoms with Gasteiger partial charge in [-0.15, -0.1) is 0 Å². The van der Waals surface area contributed by atoms with Crippen LogP contribution in [0, 0.1) is 0 Å². The Kier molecular flexibility index (Phi) is 4.81. The normalized spacial score (nSPS) is 10.9. The molecule has 0 unspecified atom stereocenters. The number of carbonyl (C=O) groups is 1. The van der Waals surface area contributed by atoms with Gasteiger partial charge in [0.05, 0.1) is 11.4 Å². The van der Waals surface area contributed by atoms with Crippen molar-refractivity contribution in [3.8, 4) is 33.6 Å². The van der Waals surface area contributed by atoms with Gasteiger partial charge in [-0.2, -0.15) is 0 Å². The molecule has 2 heterocycles. The number of pyridine rings is 1. The number of hydrogen-bond acceptors (Lipinski definition) is 4. The smallest absolute Gasteiger partial charge is 0.178 e. The third-order valence-corrected chi connectivity index (χ3v) is 5.24. The van der Waals surface area contributed by atoms with E-state index >= 15 is 0 Å². The lowest BCUT2D eigenvalue weighted by Gasteiger charge is -2.11. The Morgan fingerprint density at radius 1 is 0.645 bits per heavy atom. The fraction of sp³-hybridized carbons (Fsp3) is 0.0370. The maximum Gasteiger partial charge on any atom is 0.178 e. The summed E-state index contributed by atoms with van der Waals surface area (Å²) in [7, 11) is 0. The summed E-state index contributed by atoms with van der Waals surface area (Å²) in [6.07, 6.45) is 1.80. The van der Waals surface area contributed by atoms with Crippen LogP contribution >= 0.6 is 0 Å². The quantitative estimate of drug-likeness (QED) is 0.335. The third kappa shape index (κ3) is 3.71. The number of aromatic nitrogens is 3. The monoisotopic (exact) mass is 401 g/mol. The van der Waals surface area contributed by atoms with Gasteiger partial charge in [-0.25, -0.2) is 15.0 Å². The Morgan fingerprint density at radius 3 is 1.81 bits per heavy atom. The van der Waals surface area contributed by atoms with Crippen molar-refractivity contribution in [2.75, 3.05) is 0 Å². The first-order valence-corrected chi connectivity index (χ1v) is 10.1. The molecule has 5 aromatic rings. The van der Waals surface area contributed by atoms with Crippen molar-refractivity contribution in [1.29, 1.82) is 0 Å². The van der Waals surface area contributed by atoms with E-state index in [-0.39, 0.29) is 5.78 Å². The Bertz CT molecular complexity index is 1380. The van der Waals surface area contributed by atoms with E-state index in [9.17, 15) is 4.79 Å². The molecule has 0 radical (unpaired) electrons. The highest BCUT2D eigenvalue weighted by atomic mass is 16.1. The maximum absolute atomic E-state index is 11.6. The minimum atomic E-state index is 0.0509. The highest BCUT2D eigenvalue weighted by Crippen LogP contribution is 2.31. The minimum absolute atomic E-state index is 0.0509. The van der Waals surface area contributed by atoms with Crippen LogP contribution in [-0.2, 0) is 0 Å². The fourth-order valence-corrected chi connectivity index (χ4v) is 3.60. The fourth-order valence-electron chi connectivity index (χ4n) is 3.60. The summed E-state index contributed by atoms with van der Waals surface area (Å²) in [5, 5.41) is 0. The van der Waals surface area contributed by atoms with Crippen LogP contribution in [-0.4, -0.2) is 20.7 Å². The van der Waals surface area contributed by atoms with Crippen LogP contribution in [0.5, 0.6) is 0 Å². The topological polar surface area (TPSA) is 55.7 Å². The second-order valence-electron chi connectivity index (χ2n) is 7.35. The molecule has 5 rings (SSSR count). The average Bonchev–Trinajstić information content (AvgIpc) is 2.84. The first-order valence-electron chi connectivity index (χ1n) is 10.1. The molecule has 3 aromatic carbocycles. The lowest BCUT2D eigenvalue weighted by molar-refractivity contribution is 0.101. The molecule has 0 saturated carbocycles. The largest absolute Gasteiger partial charge is 0.295 e. The van der Waals surface area contributed by atoms with E-state index in [0.717, 1.165) is 39.2 Å². The maximum atomic E-state index is 11.6. The molecule has 0 aliphatic rings. The van der Waals surface area contributed by atoms with E-state index in [2.05, 4.69) is 4.98 Å². The zero-order valence-corrected chi connectivity index (χ0v) is 17.0. The molecule has 148 valence electrons. The van der Waals surface area contributed by atoms with Gasteiger partial charge < -0.3 is 0 Å². The van der Waals surface area contributed by atoms with E-state index in [1.165, 1.54) is 0 Å². The predicted octanol–water partition coefficient (Wildman–Crippen LogP) is 6.23. The number of rotatable bonds is 4. The Balaban J connectivity index is 1.68. The van der Waals surface area contributed by atoms with Crippen molar-refractivity contribution in [1.82, 2.24) is 15.0 Å². The van der Waals surface area contributed by atoms with Gasteiger partial charge in [-0.3, -0.25) is 4.79 Å². The van der Waals surface area contributed by atoms with Crippen molar-refractivity contribution >= 4 is 16.9 Å². The van der Waals surface area contributed by atoms with Crippen LogP contribution in [0.25, 0.3) is 44.8 Å². The molecule has 4 nitrogen and oxygen atoms in total. The second kappa shape index (κ2) is 7.92. The summed E-state index contributed by atoms with van der Waals surface area (Å²) in [6, 6.07) is 29.7. The predicted molar refractivity (Wildman–Crippen MR) is 124 cm³/mol.